The van der Waals surface area contributed by atoms with Gasteiger partial charge in [0, 0.05) is 17.6 Å². The third-order valence-electron chi connectivity index (χ3n) is 3.62. The Bertz CT molecular complexity index is 596. The van der Waals surface area contributed by atoms with Gasteiger partial charge in [-0.05, 0) is 39.9 Å². The van der Waals surface area contributed by atoms with Gasteiger partial charge in [-0.2, -0.15) is 4.31 Å². The summed E-state index contributed by atoms with van der Waals surface area (Å²) in [6.07, 6.45) is 0. The largest absolute Gasteiger partial charge is 0.396 e. The van der Waals surface area contributed by atoms with Crippen LogP contribution in [0.2, 0.25) is 0 Å². The Kier molecular flexibility index (Phi) is 3.90. The summed E-state index contributed by atoms with van der Waals surface area (Å²) in [5.41, 5.74) is 5.30. The number of hydrogen-bond donors (Lipinski definition) is 1. The number of halogens is 2. The molecule has 2 rings (SSSR count). The molecule has 7 heteroatoms. The van der Waals surface area contributed by atoms with E-state index in [4.69, 9.17) is 5.73 Å². The van der Waals surface area contributed by atoms with E-state index in [9.17, 15) is 12.8 Å². The number of rotatable bonds is 2. The predicted octanol–water partition coefficient (Wildman–Crippen LogP) is 2.45. The Morgan fingerprint density at radius 2 is 1.84 bits per heavy atom. The number of anilines is 1. The van der Waals surface area contributed by atoms with Crippen molar-refractivity contribution in [1.82, 2.24) is 4.31 Å². The molecule has 19 heavy (non-hydrogen) atoms. The molecular formula is C12H16BrFN2O2S. The average molecular weight is 351 g/mol. The number of hydrogen-bond acceptors (Lipinski definition) is 3. The highest BCUT2D eigenvalue weighted by atomic mass is 79.9. The van der Waals surface area contributed by atoms with Crippen molar-refractivity contribution >= 4 is 31.6 Å². The molecule has 1 aromatic carbocycles. The normalized spacial score (nSPS) is 24.8. The van der Waals surface area contributed by atoms with E-state index >= 15 is 0 Å². The lowest BCUT2D eigenvalue weighted by Gasteiger charge is -2.17. The van der Waals surface area contributed by atoms with E-state index in [-0.39, 0.29) is 15.1 Å². The molecular weight excluding hydrogens is 335 g/mol. The van der Waals surface area contributed by atoms with Crippen molar-refractivity contribution in [2.45, 2.75) is 18.7 Å². The monoisotopic (exact) mass is 350 g/mol. The summed E-state index contributed by atoms with van der Waals surface area (Å²) in [7, 11) is -3.63. The molecule has 2 N–H and O–H groups in total. The van der Waals surface area contributed by atoms with Crippen molar-refractivity contribution in [3.8, 4) is 0 Å². The van der Waals surface area contributed by atoms with Crippen LogP contribution in [0, 0.1) is 17.7 Å². The van der Waals surface area contributed by atoms with Crippen LogP contribution >= 0.6 is 15.9 Å². The fraction of sp³-hybridized carbons (Fsp3) is 0.500. The van der Waals surface area contributed by atoms with E-state index in [1.807, 2.05) is 13.8 Å². The summed E-state index contributed by atoms with van der Waals surface area (Å²) in [6.45, 7) is 5.00. The van der Waals surface area contributed by atoms with E-state index in [0.29, 0.717) is 24.9 Å². The zero-order valence-electron chi connectivity index (χ0n) is 10.7. The van der Waals surface area contributed by atoms with Crippen LogP contribution in [0.1, 0.15) is 13.8 Å². The average Bonchev–Trinajstić information content (AvgIpc) is 2.65. The number of nitrogens with zero attached hydrogens (tertiary/aromatic N) is 1. The summed E-state index contributed by atoms with van der Waals surface area (Å²) in [5.74, 6) is -0.00771. The highest BCUT2D eigenvalue weighted by Gasteiger charge is 2.36. The maximum Gasteiger partial charge on any atom is 0.244 e. The van der Waals surface area contributed by atoms with Crippen molar-refractivity contribution in [3.63, 3.8) is 0 Å². The van der Waals surface area contributed by atoms with Crippen LogP contribution in [0.25, 0.3) is 0 Å². The van der Waals surface area contributed by atoms with Gasteiger partial charge in [-0.15, -0.1) is 0 Å². The van der Waals surface area contributed by atoms with Crippen molar-refractivity contribution in [3.05, 3.63) is 22.4 Å². The van der Waals surface area contributed by atoms with E-state index in [2.05, 4.69) is 15.9 Å². The maximum atomic E-state index is 13.3. The molecule has 0 aromatic heterocycles. The SMILES string of the molecule is CC1CN(S(=O)(=O)c2cc(N)c(F)cc2Br)CC1C. The first-order valence-corrected chi connectivity index (χ1v) is 8.21. The van der Waals surface area contributed by atoms with Gasteiger partial charge in [0.1, 0.15) is 5.82 Å². The summed E-state index contributed by atoms with van der Waals surface area (Å²) in [6, 6.07) is 2.26. The third-order valence-corrected chi connectivity index (χ3v) is 6.41. The molecule has 1 fully saturated rings. The Labute approximate surface area is 121 Å². The van der Waals surface area contributed by atoms with Crippen molar-refractivity contribution < 1.29 is 12.8 Å². The number of nitrogens with two attached hydrogens (primary N) is 1. The molecule has 1 aliphatic heterocycles. The van der Waals surface area contributed by atoms with E-state index in [1.54, 1.807) is 0 Å². The molecule has 0 bridgehead atoms. The summed E-state index contributed by atoms with van der Waals surface area (Å²) >= 11 is 3.09. The first-order valence-electron chi connectivity index (χ1n) is 5.98. The van der Waals surface area contributed by atoms with Crippen LogP contribution in [0.3, 0.4) is 0 Å². The lowest BCUT2D eigenvalue weighted by atomic mass is 10.0. The first kappa shape index (κ1) is 14.7. The van der Waals surface area contributed by atoms with Crippen LogP contribution in [-0.4, -0.2) is 25.8 Å². The van der Waals surface area contributed by atoms with Gasteiger partial charge in [-0.25, -0.2) is 12.8 Å². The second kappa shape index (κ2) is 5.03. The molecule has 2 atom stereocenters. The van der Waals surface area contributed by atoms with E-state index in [0.717, 1.165) is 6.07 Å². The maximum absolute atomic E-state index is 13.3. The summed E-state index contributed by atoms with van der Waals surface area (Å²) in [4.78, 5) is 0.0210. The first-order chi connectivity index (χ1) is 8.73. The third kappa shape index (κ3) is 2.64. The number of benzene rings is 1. The van der Waals surface area contributed by atoms with Crippen molar-refractivity contribution in [1.29, 1.82) is 0 Å². The molecule has 4 nitrogen and oxygen atoms in total. The Balaban J connectivity index is 2.43. The second-order valence-electron chi connectivity index (χ2n) is 5.08. The minimum Gasteiger partial charge on any atom is -0.396 e. The zero-order valence-corrected chi connectivity index (χ0v) is 13.1. The summed E-state index contributed by atoms with van der Waals surface area (Å²) < 4.78 is 40.0. The molecule has 0 saturated carbocycles. The highest BCUT2D eigenvalue weighted by Crippen LogP contribution is 2.33. The van der Waals surface area contributed by atoms with Crippen LogP contribution in [-0.2, 0) is 10.0 Å². The molecule has 1 heterocycles. The van der Waals surface area contributed by atoms with Gasteiger partial charge in [0.25, 0.3) is 0 Å². The molecule has 0 amide bonds. The molecule has 2 unspecified atom stereocenters. The van der Waals surface area contributed by atoms with Crippen LogP contribution in [0.5, 0.6) is 0 Å². The summed E-state index contributed by atoms with van der Waals surface area (Å²) in [5, 5.41) is 0. The lowest BCUT2D eigenvalue weighted by molar-refractivity contribution is 0.462. The highest BCUT2D eigenvalue weighted by molar-refractivity contribution is 9.10. The van der Waals surface area contributed by atoms with Gasteiger partial charge in [0.05, 0.1) is 10.6 Å². The van der Waals surface area contributed by atoms with Gasteiger partial charge in [0.2, 0.25) is 10.0 Å². The lowest BCUT2D eigenvalue weighted by Crippen LogP contribution is -2.29. The molecule has 0 spiro atoms. The van der Waals surface area contributed by atoms with Crippen LogP contribution in [0.4, 0.5) is 10.1 Å². The van der Waals surface area contributed by atoms with Crippen LogP contribution in [0.15, 0.2) is 21.5 Å². The van der Waals surface area contributed by atoms with Crippen molar-refractivity contribution in [2.24, 2.45) is 11.8 Å². The van der Waals surface area contributed by atoms with Gasteiger partial charge < -0.3 is 5.73 Å². The van der Waals surface area contributed by atoms with Crippen molar-refractivity contribution in [2.75, 3.05) is 18.8 Å². The molecule has 106 valence electrons. The minimum atomic E-state index is -3.63. The minimum absolute atomic E-state index is 0.0210. The fourth-order valence-corrected chi connectivity index (χ4v) is 4.81. The molecule has 1 aromatic rings. The predicted molar refractivity (Wildman–Crippen MR) is 75.6 cm³/mol. The standard InChI is InChI=1S/C12H16BrFN2O2S/c1-7-5-16(6-8(7)2)19(17,18)12-4-11(15)10(14)3-9(12)13/h3-4,7-8H,5-6,15H2,1-2H3. The van der Waals surface area contributed by atoms with E-state index < -0.39 is 15.8 Å². The van der Waals surface area contributed by atoms with Gasteiger partial charge >= 0.3 is 0 Å². The smallest absolute Gasteiger partial charge is 0.244 e. The van der Waals surface area contributed by atoms with Gasteiger partial charge in [-0.1, -0.05) is 13.8 Å². The quantitative estimate of drug-likeness (QED) is 0.833. The van der Waals surface area contributed by atoms with Crippen LogP contribution < -0.4 is 5.73 Å². The van der Waals surface area contributed by atoms with E-state index in [1.165, 1.54) is 10.4 Å². The molecule has 0 aliphatic carbocycles. The molecule has 0 radical (unpaired) electrons. The van der Waals surface area contributed by atoms with Gasteiger partial charge in [0.15, 0.2) is 0 Å². The molecule has 1 saturated heterocycles. The Morgan fingerprint density at radius 1 is 1.32 bits per heavy atom. The zero-order chi connectivity index (χ0) is 14.4. The molecule has 1 aliphatic rings. The topological polar surface area (TPSA) is 63.4 Å². The fourth-order valence-electron chi connectivity index (χ4n) is 2.15. The Hall–Kier alpha value is -0.660. The number of sulfonamides is 1. The van der Waals surface area contributed by atoms with Gasteiger partial charge in [-0.3, -0.25) is 0 Å². The second-order valence-corrected chi connectivity index (χ2v) is 7.84. The Morgan fingerprint density at radius 3 is 2.37 bits per heavy atom. The number of nitrogen functional groups attached to an aromatic ring is 1.